The van der Waals surface area contributed by atoms with E-state index in [1.165, 1.54) is 0 Å². The minimum atomic E-state index is -0.793. The van der Waals surface area contributed by atoms with Gasteiger partial charge in [-0.05, 0) is 35.7 Å². The fourth-order valence-corrected chi connectivity index (χ4v) is 4.54. The van der Waals surface area contributed by atoms with E-state index in [4.69, 9.17) is 37.4 Å². The van der Waals surface area contributed by atoms with E-state index in [1.807, 2.05) is 84.9 Å². The van der Waals surface area contributed by atoms with Crippen molar-refractivity contribution in [2.45, 2.75) is 43.8 Å². The number of benzene rings is 3. The minimum Gasteiger partial charge on any atom is -0.430 e. The highest BCUT2D eigenvalue weighted by Gasteiger charge is 2.48. The smallest absolute Gasteiger partial charge is 0.411 e. The number of carbonyl (C=O) groups excluding carboxylic acids is 1. The number of carbonyl (C=O) groups is 1. The SMILES string of the molecule is CC(Cl)OC(=O)N1CC[C@@](OCc2ccccc2)(c2ccc(Cl)cc2)[C@H](OCc2ccccc2)C1. The van der Waals surface area contributed by atoms with Crippen molar-refractivity contribution >= 4 is 29.3 Å². The highest BCUT2D eigenvalue weighted by Crippen LogP contribution is 2.40. The third kappa shape index (κ3) is 6.56. The lowest BCUT2D eigenvalue weighted by Crippen LogP contribution is -2.57. The monoisotopic (exact) mass is 513 g/mol. The Bertz CT molecular complexity index is 1080. The van der Waals surface area contributed by atoms with Crippen LogP contribution in [0.2, 0.25) is 5.02 Å². The Labute approximate surface area is 216 Å². The lowest BCUT2D eigenvalue weighted by Gasteiger charge is -2.47. The summed E-state index contributed by atoms with van der Waals surface area (Å²) in [5.41, 5.74) is 1.53. The quantitative estimate of drug-likeness (QED) is 0.312. The molecule has 5 nitrogen and oxygen atoms in total. The van der Waals surface area contributed by atoms with Crippen LogP contribution in [0.3, 0.4) is 0 Å². The fourth-order valence-electron chi connectivity index (χ4n) is 4.34. The van der Waals surface area contributed by atoms with E-state index in [0.717, 1.165) is 16.7 Å². The molecule has 1 fully saturated rings. The third-order valence-electron chi connectivity index (χ3n) is 6.15. The topological polar surface area (TPSA) is 48.0 Å². The minimum absolute atomic E-state index is 0.298. The van der Waals surface area contributed by atoms with Crippen LogP contribution < -0.4 is 0 Å². The van der Waals surface area contributed by atoms with E-state index >= 15 is 0 Å². The highest BCUT2D eigenvalue weighted by atomic mass is 35.5. The Hall–Kier alpha value is -2.57. The molecule has 1 aliphatic heterocycles. The summed E-state index contributed by atoms with van der Waals surface area (Å²) >= 11 is 12.1. The largest absolute Gasteiger partial charge is 0.430 e. The first-order valence-corrected chi connectivity index (χ1v) is 12.5. The average Bonchev–Trinajstić information content (AvgIpc) is 2.88. The molecule has 4 rings (SSSR count). The van der Waals surface area contributed by atoms with Gasteiger partial charge in [0.2, 0.25) is 0 Å². The van der Waals surface area contributed by atoms with Crippen LogP contribution in [0.1, 0.15) is 30.0 Å². The first-order valence-electron chi connectivity index (χ1n) is 11.7. The summed E-state index contributed by atoms with van der Waals surface area (Å²) < 4.78 is 18.5. The Morgan fingerprint density at radius 2 is 1.57 bits per heavy atom. The van der Waals surface area contributed by atoms with Gasteiger partial charge in [0.1, 0.15) is 11.7 Å². The molecule has 0 N–H and O–H groups in total. The van der Waals surface area contributed by atoms with Gasteiger partial charge in [-0.15, -0.1) is 0 Å². The molecule has 1 aliphatic rings. The van der Waals surface area contributed by atoms with Crippen LogP contribution in [0.4, 0.5) is 4.79 Å². The van der Waals surface area contributed by atoms with E-state index in [2.05, 4.69) is 0 Å². The Balaban J connectivity index is 1.66. The van der Waals surface area contributed by atoms with Crippen LogP contribution in [0, 0.1) is 0 Å². The van der Waals surface area contributed by atoms with Crippen molar-refractivity contribution in [3.05, 3.63) is 107 Å². The summed E-state index contributed by atoms with van der Waals surface area (Å²) in [6.07, 6.45) is -0.403. The molecule has 1 unspecified atom stereocenters. The standard InChI is InChI=1S/C28H29Cl2NO4/c1-21(29)35-27(32)31-17-16-28(24-12-14-25(30)15-13-24,34-20-23-10-6-3-7-11-23)26(18-31)33-19-22-8-4-2-5-9-22/h2-15,21,26H,16-20H2,1H3/t21?,26-,28-/m1/s1. The molecule has 1 saturated heterocycles. The predicted octanol–water partition coefficient (Wildman–Crippen LogP) is 6.76. The molecule has 1 heterocycles. The van der Waals surface area contributed by atoms with Crippen molar-refractivity contribution in [2.24, 2.45) is 0 Å². The van der Waals surface area contributed by atoms with Crippen LogP contribution in [0.5, 0.6) is 0 Å². The third-order valence-corrected chi connectivity index (χ3v) is 6.49. The number of amides is 1. The van der Waals surface area contributed by atoms with Crippen LogP contribution in [-0.2, 0) is 33.0 Å². The molecule has 3 aromatic rings. The summed E-state index contributed by atoms with van der Waals surface area (Å²) in [7, 11) is 0. The number of rotatable bonds is 8. The molecular weight excluding hydrogens is 485 g/mol. The molecule has 3 atom stereocenters. The van der Waals surface area contributed by atoms with Crippen LogP contribution in [0.15, 0.2) is 84.9 Å². The number of halogens is 2. The van der Waals surface area contributed by atoms with E-state index in [-0.39, 0.29) is 0 Å². The number of nitrogens with zero attached hydrogens (tertiary/aromatic N) is 1. The number of hydrogen-bond acceptors (Lipinski definition) is 4. The van der Waals surface area contributed by atoms with Crippen molar-refractivity contribution in [1.82, 2.24) is 4.90 Å². The van der Waals surface area contributed by atoms with Gasteiger partial charge in [-0.3, -0.25) is 0 Å². The highest BCUT2D eigenvalue weighted by molar-refractivity contribution is 6.30. The summed E-state index contributed by atoms with van der Waals surface area (Å²) in [4.78, 5) is 14.3. The van der Waals surface area contributed by atoms with Gasteiger partial charge in [0.15, 0.2) is 5.56 Å². The molecule has 184 valence electrons. The van der Waals surface area contributed by atoms with Gasteiger partial charge in [-0.25, -0.2) is 4.79 Å². The van der Waals surface area contributed by atoms with Gasteiger partial charge >= 0.3 is 6.09 Å². The molecule has 0 bridgehead atoms. The normalized spacial score (nSPS) is 20.9. The lowest BCUT2D eigenvalue weighted by atomic mass is 9.81. The number of ether oxygens (including phenoxy) is 3. The molecule has 35 heavy (non-hydrogen) atoms. The van der Waals surface area contributed by atoms with Gasteiger partial charge in [0.05, 0.1) is 19.8 Å². The maximum atomic E-state index is 12.7. The van der Waals surface area contributed by atoms with Crippen molar-refractivity contribution in [3.63, 3.8) is 0 Å². The average molecular weight is 514 g/mol. The van der Waals surface area contributed by atoms with Crippen LogP contribution in [0.25, 0.3) is 0 Å². The second-order valence-electron chi connectivity index (χ2n) is 8.58. The van der Waals surface area contributed by atoms with E-state index in [0.29, 0.717) is 37.7 Å². The van der Waals surface area contributed by atoms with E-state index < -0.39 is 23.4 Å². The molecule has 7 heteroatoms. The molecule has 0 saturated carbocycles. The van der Waals surface area contributed by atoms with Crippen molar-refractivity contribution in [3.8, 4) is 0 Å². The maximum Gasteiger partial charge on any atom is 0.411 e. The first kappa shape index (κ1) is 25.5. The van der Waals surface area contributed by atoms with Gasteiger partial charge in [-0.2, -0.15) is 0 Å². The van der Waals surface area contributed by atoms with Crippen molar-refractivity contribution in [1.29, 1.82) is 0 Å². The van der Waals surface area contributed by atoms with Crippen LogP contribution >= 0.6 is 23.2 Å². The molecule has 1 amide bonds. The van der Waals surface area contributed by atoms with Crippen molar-refractivity contribution in [2.75, 3.05) is 13.1 Å². The lowest BCUT2D eigenvalue weighted by molar-refractivity contribution is -0.190. The molecule has 3 aromatic carbocycles. The van der Waals surface area contributed by atoms with Gasteiger partial charge in [-0.1, -0.05) is 96.0 Å². The molecular formula is C28H29Cl2NO4. The maximum absolute atomic E-state index is 12.7. The van der Waals surface area contributed by atoms with E-state index in [9.17, 15) is 4.79 Å². The summed E-state index contributed by atoms with van der Waals surface area (Å²) in [5.74, 6) is 0. The zero-order chi connectivity index (χ0) is 24.7. The first-order chi connectivity index (χ1) is 17.0. The van der Waals surface area contributed by atoms with E-state index in [1.54, 1.807) is 11.8 Å². The van der Waals surface area contributed by atoms with Gasteiger partial charge in [0.25, 0.3) is 0 Å². The predicted molar refractivity (Wildman–Crippen MR) is 137 cm³/mol. The van der Waals surface area contributed by atoms with Gasteiger partial charge in [0, 0.05) is 18.0 Å². The molecule has 0 aliphatic carbocycles. The molecule has 0 spiro atoms. The second-order valence-corrected chi connectivity index (χ2v) is 9.63. The summed E-state index contributed by atoms with van der Waals surface area (Å²) in [6, 6.07) is 27.6. The number of hydrogen-bond donors (Lipinski definition) is 0. The van der Waals surface area contributed by atoms with Crippen LogP contribution in [-0.4, -0.2) is 35.7 Å². The van der Waals surface area contributed by atoms with Crippen molar-refractivity contribution < 1.29 is 19.0 Å². The zero-order valence-corrected chi connectivity index (χ0v) is 21.1. The zero-order valence-electron chi connectivity index (χ0n) is 19.6. The number of piperidine rings is 1. The number of likely N-dealkylation sites (tertiary alicyclic amines) is 1. The fraction of sp³-hybridized carbons (Fsp3) is 0.321. The summed E-state index contributed by atoms with van der Waals surface area (Å²) in [5, 5.41) is 0.644. The summed E-state index contributed by atoms with van der Waals surface area (Å²) in [6.45, 7) is 3.13. The Kier molecular flexibility index (Phi) is 8.69. The molecule has 0 radical (unpaired) electrons. The second kappa shape index (κ2) is 11.9. The molecule has 0 aromatic heterocycles. The Morgan fingerprint density at radius 3 is 2.17 bits per heavy atom. The Morgan fingerprint density at radius 1 is 0.971 bits per heavy atom. The number of alkyl halides is 1. The van der Waals surface area contributed by atoms with Gasteiger partial charge < -0.3 is 19.1 Å².